The molecule has 0 spiro atoms. The highest BCUT2D eigenvalue weighted by atomic mass is 16.6. The molecule has 9 heteroatoms. The molecule has 0 amide bonds. The number of aliphatic hydroxyl groups is 1. The van der Waals surface area contributed by atoms with E-state index < -0.39 is 35.7 Å². The lowest BCUT2D eigenvalue weighted by molar-refractivity contribution is -0.182. The second-order valence-corrected chi connectivity index (χ2v) is 7.75. The summed E-state index contributed by atoms with van der Waals surface area (Å²) in [4.78, 5) is 35.3. The first-order valence-corrected chi connectivity index (χ1v) is 9.83. The van der Waals surface area contributed by atoms with Gasteiger partial charge in [-0.15, -0.1) is 0 Å². The summed E-state index contributed by atoms with van der Waals surface area (Å²) in [5, 5.41) is 9.03. The third-order valence-corrected chi connectivity index (χ3v) is 3.44. The summed E-state index contributed by atoms with van der Waals surface area (Å²) < 4.78 is 26.2. The fraction of sp³-hybridized carbons (Fsp3) is 0.850. The van der Waals surface area contributed by atoms with Crippen molar-refractivity contribution in [2.75, 3.05) is 19.8 Å². The molecule has 0 aromatic carbocycles. The van der Waals surface area contributed by atoms with Crippen LogP contribution < -0.4 is 0 Å². The molecule has 0 rings (SSSR count). The van der Waals surface area contributed by atoms with Crippen LogP contribution in [0.4, 0.5) is 0 Å². The van der Waals surface area contributed by atoms with E-state index in [0.29, 0.717) is 0 Å². The molecule has 0 saturated carbocycles. The monoisotopic (exact) mass is 420 g/mol. The molecule has 0 bridgehead atoms. The summed E-state index contributed by atoms with van der Waals surface area (Å²) in [5.74, 6) is -1.73. The van der Waals surface area contributed by atoms with Gasteiger partial charge in [-0.2, -0.15) is 0 Å². The Morgan fingerprint density at radius 2 is 1.28 bits per heavy atom. The number of carbonyl (C=O) groups is 3. The van der Waals surface area contributed by atoms with E-state index in [2.05, 4.69) is 0 Å². The highest BCUT2D eigenvalue weighted by Gasteiger charge is 2.33. The molecule has 0 saturated heterocycles. The molecule has 1 N–H and O–H groups in total. The van der Waals surface area contributed by atoms with Crippen LogP contribution >= 0.6 is 0 Å². The van der Waals surface area contributed by atoms with Gasteiger partial charge in [-0.05, 0) is 48.5 Å². The lowest BCUT2D eigenvalue weighted by Crippen LogP contribution is -2.41. The smallest absolute Gasteiger partial charge is 0.337 e. The zero-order chi connectivity index (χ0) is 22.6. The van der Waals surface area contributed by atoms with Gasteiger partial charge in [0, 0.05) is 0 Å². The van der Waals surface area contributed by atoms with E-state index in [1.54, 1.807) is 20.8 Å². The van der Waals surface area contributed by atoms with Crippen molar-refractivity contribution in [1.29, 1.82) is 0 Å². The molecule has 0 radical (unpaired) electrons. The third-order valence-electron chi connectivity index (χ3n) is 3.44. The Morgan fingerprint density at radius 1 is 0.793 bits per heavy atom. The molecule has 9 nitrogen and oxygen atoms in total. The standard InChI is InChI=1S/C20H36O9/c1-13(2)28-15(4)11-27-19(24)20(6,7)29-16(5)12-26-18(23)9-8-17(22)25-10-14(3)21/h13-16,21H,8-12H2,1-7H3. The van der Waals surface area contributed by atoms with Crippen LogP contribution in [0.2, 0.25) is 0 Å². The minimum Gasteiger partial charge on any atom is -0.463 e. The molecule has 0 aliphatic heterocycles. The van der Waals surface area contributed by atoms with Gasteiger partial charge in [0.2, 0.25) is 0 Å². The van der Waals surface area contributed by atoms with Gasteiger partial charge in [-0.1, -0.05) is 0 Å². The SMILES string of the molecule is CC(O)COC(=O)CCC(=O)OCC(C)OC(C)(C)C(=O)OCC(C)OC(C)C. The Bertz CT molecular complexity index is 514. The molecule has 0 aromatic heterocycles. The van der Waals surface area contributed by atoms with Crippen LogP contribution in [0, 0.1) is 0 Å². The zero-order valence-corrected chi connectivity index (χ0v) is 18.6. The van der Waals surface area contributed by atoms with Crippen molar-refractivity contribution in [2.24, 2.45) is 0 Å². The highest BCUT2D eigenvalue weighted by Crippen LogP contribution is 2.16. The van der Waals surface area contributed by atoms with Gasteiger partial charge in [-0.25, -0.2) is 4.79 Å². The van der Waals surface area contributed by atoms with E-state index >= 15 is 0 Å². The van der Waals surface area contributed by atoms with E-state index in [1.807, 2.05) is 20.8 Å². The van der Waals surface area contributed by atoms with Crippen molar-refractivity contribution in [3.05, 3.63) is 0 Å². The van der Waals surface area contributed by atoms with Gasteiger partial charge in [0.05, 0.1) is 37.3 Å². The Morgan fingerprint density at radius 3 is 1.76 bits per heavy atom. The van der Waals surface area contributed by atoms with Crippen LogP contribution in [-0.4, -0.2) is 72.9 Å². The highest BCUT2D eigenvalue weighted by molar-refractivity contribution is 5.78. The van der Waals surface area contributed by atoms with Crippen LogP contribution in [-0.2, 0) is 38.1 Å². The summed E-state index contributed by atoms with van der Waals surface area (Å²) in [6.07, 6.45) is -1.82. The first-order valence-electron chi connectivity index (χ1n) is 9.83. The minimum absolute atomic E-state index is 0.0303. The number of hydrogen-bond acceptors (Lipinski definition) is 9. The number of ether oxygens (including phenoxy) is 5. The third kappa shape index (κ3) is 14.0. The molecule has 0 fully saturated rings. The minimum atomic E-state index is -1.23. The van der Waals surface area contributed by atoms with Gasteiger partial charge in [0.1, 0.15) is 19.8 Å². The number of hydrogen-bond donors (Lipinski definition) is 1. The predicted octanol–water partition coefficient (Wildman–Crippen LogP) is 1.77. The normalized spacial score (nSPS) is 14.8. The largest absolute Gasteiger partial charge is 0.463 e. The summed E-state index contributed by atoms with van der Waals surface area (Å²) in [6.45, 7) is 11.8. The molecule has 170 valence electrons. The molecule has 0 heterocycles. The van der Waals surface area contributed by atoms with E-state index in [4.69, 9.17) is 28.8 Å². The molecular weight excluding hydrogens is 384 g/mol. The van der Waals surface area contributed by atoms with E-state index in [9.17, 15) is 14.4 Å². The van der Waals surface area contributed by atoms with Crippen molar-refractivity contribution < 1.29 is 43.2 Å². The maximum absolute atomic E-state index is 12.2. The van der Waals surface area contributed by atoms with Gasteiger partial charge < -0.3 is 28.8 Å². The van der Waals surface area contributed by atoms with Crippen molar-refractivity contribution in [2.45, 2.75) is 91.3 Å². The second-order valence-electron chi connectivity index (χ2n) is 7.75. The Kier molecular flexibility index (Phi) is 12.7. The summed E-state index contributed by atoms with van der Waals surface area (Å²) in [6, 6.07) is 0. The van der Waals surface area contributed by atoms with Gasteiger partial charge in [0.15, 0.2) is 5.60 Å². The summed E-state index contributed by atoms with van der Waals surface area (Å²) in [7, 11) is 0. The van der Waals surface area contributed by atoms with Crippen molar-refractivity contribution in [1.82, 2.24) is 0 Å². The van der Waals surface area contributed by atoms with Crippen LogP contribution in [0.5, 0.6) is 0 Å². The maximum atomic E-state index is 12.2. The van der Waals surface area contributed by atoms with Crippen LogP contribution in [0.3, 0.4) is 0 Å². The average Bonchev–Trinajstić information content (AvgIpc) is 2.59. The molecule has 0 aromatic rings. The van der Waals surface area contributed by atoms with Crippen molar-refractivity contribution in [3.63, 3.8) is 0 Å². The fourth-order valence-electron chi connectivity index (χ4n) is 2.23. The Labute approximate surface area is 173 Å². The molecule has 0 aliphatic rings. The lowest BCUT2D eigenvalue weighted by Gasteiger charge is -2.27. The number of carbonyl (C=O) groups excluding carboxylic acids is 3. The lowest BCUT2D eigenvalue weighted by atomic mass is 10.1. The van der Waals surface area contributed by atoms with Crippen LogP contribution in [0.1, 0.15) is 61.3 Å². The van der Waals surface area contributed by atoms with Gasteiger partial charge in [0.25, 0.3) is 0 Å². The maximum Gasteiger partial charge on any atom is 0.337 e. The van der Waals surface area contributed by atoms with Crippen LogP contribution in [0.25, 0.3) is 0 Å². The van der Waals surface area contributed by atoms with E-state index in [1.165, 1.54) is 6.92 Å². The molecule has 0 aliphatic carbocycles. The van der Waals surface area contributed by atoms with Crippen molar-refractivity contribution in [3.8, 4) is 0 Å². The number of rotatable bonds is 14. The Balaban J connectivity index is 4.20. The van der Waals surface area contributed by atoms with Gasteiger partial charge in [-0.3, -0.25) is 9.59 Å². The predicted molar refractivity (Wildman–Crippen MR) is 104 cm³/mol. The van der Waals surface area contributed by atoms with Crippen molar-refractivity contribution >= 4 is 17.9 Å². The summed E-state index contributed by atoms with van der Waals surface area (Å²) >= 11 is 0. The topological polar surface area (TPSA) is 118 Å². The molecule has 3 atom stereocenters. The molecule has 29 heavy (non-hydrogen) atoms. The Hall–Kier alpha value is -1.71. The van der Waals surface area contributed by atoms with E-state index in [-0.39, 0.29) is 44.9 Å². The number of esters is 3. The molecule has 3 unspecified atom stereocenters. The first-order chi connectivity index (χ1) is 13.3. The molecular formula is C20H36O9. The first kappa shape index (κ1) is 27.3. The average molecular weight is 420 g/mol. The fourth-order valence-corrected chi connectivity index (χ4v) is 2.23. The second kappa shape index (κ2) is 13.5. The quantitative estimate of drug-likeness (QED) is 0.331. The van der Waals surface area contributed by atoms with Crippen LogP contribution in [0.15, 0.2) is 0 Å². The number of aliphatic hydroxyl groups excluding tert-OH is 1. The summed E-state index contributed by atoms with van der Waals surface area (Å²) in [5.41, 5.74) is -1.23. The van der Waals surface area contributed by atoms with E-state index in [0.717, 1.165) is 0 Å². The van der Waals surface area contributed by atoms with Gasteiger partial charge >= 0.3 is 17.9 Å². The zero-order valence-electron chi connectivity index (χ0n) is 18.6.